The first-order valence-electron chi connectivity index (χ1n) is 10.3. The highest BCUT2D eigenvalue weighted by atomic mass is 32.2. The monoisotopic (exact) mass is 496 g/mol. The summed E-state index contributed by atoms with van der Waals surface area (Å²) in [5.74, 6) is 0.564. The minimum absolute atomic E-state index is 0.0740. The molecule has 0 saturated carbocycles. The van der Waals surface area contributed by atoms with Gasteiger partial charge in [-0.2, -0.15) is 13.2 Å². The normalized spacial score (nSPS) is 18.0. The summed E-state index contributed by atoms with van der Waals surface area (Å²) < 4.78 is 68.5. The van der Waals surface area contributed by atoms with Gasteiger partial charge in [0.1, 0.15) is 6.61 Å². The molecule has 1 atom stereocenters. The predicted octanol–water partition coefficient (Wildman–Crippen LogP) is 4.83. The Balaban J connectivity index is 1.59. The van der Waals surface area contributed by atoms with Crippen molar-refractivity contribution in [2.75, 3.05) is 17.8 Å². The maximum atomic E-state index is 13.0. The van der Waals surface area contributed by atoms with Crippen molar-refractivity contribution in [2.45, 2.75) is 36.7 Å². The van der Waals surface area contributed by atoms with Crippen LogP contribution >= 0.6 is 11.8 Å². The molecule has 1 aliphatic rings. The number of halogens is 3. The molecule has 5 nitrogen and oxygen atoms in total. The zero-order chi connectivity index (χ0) is 23.6. The van der Waals surface area contributed by atoms with Crippen LogP contribution in [0.3, 0.4) is 0 Å². The molecule has 0 bridgehead atoms. The second-order valence-corrected chi connectivity index (χ2v) is 11.1. The number of sulfone groups is 1. The molecule has 0 amide bonds. The molecule has 3 aromatic rings. The summed E-state index contributed by atoms with van der Waals surface area (Å²) in [6.45, 7) is 0.265. The smallest absolute Gasteiger partial charge is 0.416 e. The van der Waals surface area contributed by atoms with E-state index in [1.54, 1.807) is 17.8 Å². The molecule has 1 aliphatic heterocycles. The Bertz CT molecular complexity index is 1260. The van der Waals surface area contributed by atoms with Crippen LogP contribution in [0.15, 0.2) is 53.4 Å². The van der Waals surface area contributed by atoms with Crippen molar-refractivity contribution in [1.29, 1.82) is 0 Å². The van der Waals surface area contributed by atoms with Crippen LogP contribution in [-0.4, -0.2) is 37.2 Å². The van der Waals surface area contributed by atoms with E-state index in [4.69, 9.17) is 4.74 Å². The lowest BCUT2D eigenvalue weighted by atomic mass is 10.1. The first-order valence-corrected chi connectivity index (χ1v) is 13.4. The van der Waals surface area contributed by atoms with Crippen LogP contribution in [0.25, 0.3) is 10.9 Å². The second kappa shape index (κ2) is 9.52. The number of nitrogens with zero attached hydrogens (tertiary/aromatic N) is 1. The molecule has 0 spiro atoms. The average Bonchev–Trinajstić information content (AvgIpc) is 3.13. The van der Waals surface area contributed by atoms with E-state index in [1.807, 2.05) is 30.5 Å². The van der Waals surface area contributed by atoms with E-state index in [1.165, 1.54) is 6.07 Å². The van der Waals surface area contributed by atoms with Gasteiger partial charge in [0.15, 0.2) is 9.84 Å². The molecule has 176 valence electrons. The van der Waals surface area contributed by atoms with Crippen LogP contribution in [0.2, 0.25) is 0 Å². The molecule has 4 rings (SSSR count). The first kappa shape index (κ1) is 23.8. The van der Waals surface area contributed by atoms with Crippen molar-refractivity contribution >= 4 is 32.5 Å². The maximum Gasteiger partial charge on any atom is 0.416 e. The van der Waals surface area contributed by atoms with Crippen LogP contribution in [0.1, 0.15) is 23.1 Å². The van der Waals surface area contributed by atoms with Crippen LogP contribution < -0.4 is 10.1 Å². The van der Waals surface area contributed by atoms with Crippen molar-refractivity contribution in [3.8, 4) is 5.88 Å². The number of thioether (sulfide) groups is 1. The summed E-state index contributed by atoms with van der Waals surface area (Å²) >= 11 is 1.58. The van der Waals surface area contributed by atoms with Crippen molar-refractivity contribution in [2.24, 2.45) is 0 Å². The van der Waals surface area contributed by atoms with E-state index >= 15 is 0 Å². The van der Waals surface area contributed by atoms with Crippen LogP contribution in [-0.2, 0) is 29.2 Å². The number of pyridine rings is 1. The van der Waals surface area contributed by atoms with Crippen molar-refractivity contribution in [1.82, 2.24) is 10.3 Å². The zero-order valence-corrected chi connectivity index (χ0v) is 19.5. The molecule has 1 N–H and O–H groups in total. The molecule has 2 aromatic carbocycles. The summed E-state index contributed by atoms with van der Waals surface area (Å²) in [5, 5.41) is 4.15. The fraction of sp³-hybridized carbons (Fsp3) is 0.348. The van der Waals surface area contributed by atoms with E-state index in [0.717, 1.165) is 28.0 Å². The minimum Gasteiger partial charge on any atom is -0.473 e. The Hall–Kier alpha value is -2.30. The zero-order valence-electron chi connectivity index (χ0n) is 17.9. The number of fused-ring (bicyclic) bond motifs is 1. The minimum atomic E-state index is -4.43. The predicted molar refractivity (Wildman–Crippen MR) is 123 cm³/mol. The van der Waals surface area contributed by atoms with Crippen molar-refractivity contribution < 1.29 is 26.3 Å². The van der Waals surface area contributed by atoms with Crippen molar-refractivity contribution in [3.05, 3.63) is 65.2 Å². The topological polar surface area (TPSA) is 68.3 Å². The van der Waals surface area contributed by atoms with Gasteiger partial charge in [-0.25, -0.2) is 13.4 Å². The highest BCUT2D eigenvalue weighted by Crippen LogP contribution is 2.30. The van der Waals surface area contributed by atoms with Crippen LogP contribution in [0, 0.1) is 0 Å². The van der Waals surface area contributed by atoms with Gasteiger partial charge < -0.3 is 10.1 Å². The van der Waals surface area contributed by atoms with Crippen molar-refractivity contribution in [3.63, 3.8) is 0 Å². The number of alkyl halides is 3. The largest absolute Gasteiger partial charge is 0.473 e. The molecule has 1 saturated heterocycles. The molecule has 0 radical (unpaired) electrons. The fourth-order valence-corrected chi connectivity index (χ4v) is 5.89. The highest BCUT2D eigenvalue weighted by molar-refractivity contribution is 7.98. The van der Waals surface area contributed by atoms with E-state index < -0.39 is 21.6 Å². The fourth-order valence-electron chi connectivity index (χ4n) is 3.75. The molecule has 33 heavy (non-hydrogen) atoms. The summed E-state index contributed by atoms with van der Waals surface area (Å²) in [5.41, 5.74) is 1.08. The molecular weight excluding hydrogens is 473 g/mol. The van der Waals surface area contributed by atoms with Gasteiger partial charge in [-0.15, -0.1) is 11.8 Å². The second-order valence-electron chi connectivity index (χ2n) is 7.98. The SMILES string of the molecule is CSc1ccc2cc(CN[C@@H]3CCS(=O)(=O)C3)c(OCc3cccc(C(F)(F)F)c3)nc2c1. The third kappa shape index (κ3) is 5.99. The number of hydrogen-bond acceptors (Lipinski definition) is 6. The maximum absolute atomic E-state index is 13.0. The Kier molecular flexibility index (Phi) is 6.88. The van der Waals surface area contributed by atoms with Crippen LogP contribution in [0.5, 0.6) is 5.88 Å². The third-order valence-electron chi connectivity index (χ3n) is 5.51. The Morgan fingerprint density at radius 1 is 1.18 bits per heavy atom. The summed E-state index contributed by atoms with van der Waals surface area (Å²) in [6.07, 6.45) is -1.93. The van der Waals surface area contributed by atoms with Gasteiger partial charge in [0, 0.05) is 28.4 Å². The Morgan fingerprint density at radius 3 is 2.70 bits per heavy atom. The number of rotatable bonds is 7. The van der Waals surface area contributed by atoms with E-state index in [2.05, 4.69) is 10.3 Å². The quantitative estimate of drug-likeness (QED) is 0.473. The summed E-state index contributed by atoms with van der Waals surface area (Å²) in [4.78, 5) is 5.66. The van der Waals surface area contributed by atoms with Gasteiger partial charge >= 0.3 is 6.18 Å². The van der Waals surface area contributed by atoms with Crippen LogP contribution in [0.4, 0.5) is 13.2 Å². The van der Waals surface area contributed by atoms with Gasteiger partial charge in [-0.3, -0.25) is 0 Å². The van der Waals surface area contributed by atoms with E-state index in [0.29, 0.717) is 29.9 Å². The van der Waals surface area contributed by atoms with Gasteiger partial charge in [0.05, 0.1) is 22.6 Å². The number of hydrogen-bond donors (Lipinski definition) is 1. The molecule has 1 fully saturated rings. The van der Waals surface area contributed by atoms with Gasteiger partial charge in [0.25, 0.3) is 0 Å². The molecule has 0 unspecified atom stereocenters. The summed E-state index contributed by atoms with van der Waals surface area (Å²) in [7, 11) is -3.02. The molecule has 0 aliphatic carbocycles. The number of nitrogens with one attached hydrogen (secondary N) is 1. The molecule has 2 heterocycles. The lowest BCUT2D eigenvalue weighted by Gasteiger charge is -2.16. The molecule has 10 heteroatoms. The number of benzene rings is 2. The lowest BCUT2D eigenvalue weighted by molar-refractivity contribution is -0.137. The van der Waals surface area contributed by atoms with Gasteiger partial charge in [-0.1, -0.05) is 18.2 Å². The molecule has 1 aromatic heterocycles. The van der Waals surface area contributed by atoms with Gasteiger partial charge in [0.2, 0.25) is 5.88 Å². The molecular formula is C23H23F3N2O3S2. The Morgan fingerprint density at radius 2 is 2.00 bits per heavy atom. The third-order valence-corrected chi connectivity index (χ3v) is 8.00. The average molecular weight is 497 g/mol. The first-order chi connectivity index (χ1) is 15.6. The number of aromatic nitrogens is 1. The Labute approximate surface area is 194 Å². The summed E-state index contributed by atoms with van der Waals surface area (Å²) in [6, 6.07) is 12.6. The lowest BCUT2D eigenvalue weighted by Crippen LogP contribution is -2.29. The van der Waals surface area contributed by atoms with Gasteiger partial charge in [-0.05, 0) is 48.6 Å². The number of ether oxygens (including phenoxy) is 1. The standard InChI is InChI=1S/C23H23F3N2O3S2/c1-32-20-6-5-16-10-17(12-27-19-7-8-33(29,30)14-19)22(28-21(16)11-20)31-13-15-3-2-4-18(9-15)23(24,25)26/h2-6,9-11,19,27H,7-8,12-14H2,1H3/t19-/m1/s1. The van der Waals surface area contributed by atoms with E-state index in [-0.39, 0.29) is 24.2 Å². The van der Waals surface area contributed by atoms with E-state index in [9.17, 15) is 21.6 Å². The highest BCUT2D eigenvalue weighted by Gasteiger charge is 2.30.